The molecule has 2 rings (SSSR count). The van der Waals surface area contributed by atoms with Crippen molar-refractivity contribution in [3.63, 3.8) is 0 Å². The summed E-state index contributed by atoms with van der Waals surface area (Å²) in [5.74, 6) is -0.252. The van der Waals surface area contributed by atoms with E-state index in [1.54, 1.807) is 23.1 Å². The van der Waals surface area contributed by atoms with Crippen molar-refractivity contribution < 1.29 is 9.59 Å². The van der Waals surface area contributed by atoms with Crippen LogP contribution in [0.5, 0.6) is 0 Å². The molecule has 1 aromatic carbocycles. The summed E-state index contributed by atoms with van der Waals surface area (Å²) >= 11 is 0. The Morgan fingerprint density at radius 2 is 2.00 bits per heavy atom. The average molecular weight is 331 g/mol. The summed E-state index contributed by atoms with van der Waals surface area (Å²) in [6.07, 6.45) is 3.79. The molecule has 24 heavy (non-hydrogen) atoms. The van der Waals surface area contributed by atoms with Crippen LogP contribution < -0.4 is 11.1 Å². The number of hydrogen-bond acceptors (Lipinski definition) is 3. The van der Waals surface area contributed by atoms with E-state index in [1.807, 2.05) is 26.8 Å². The van der Waals surface area contributed by atoms with Gasteiger partial charge in [-0.15, -0.1) is 0 Å². The normalized spacial score (nSPS) is 23.6. The Morgan fingerprint density at radius 3 is 2.62 bits per heavy atom. The van der Waals surface area contributed by atoms with E-state index in [-0.39, 0.29) is 17.7 Å². The third-order valence-corrected chi connectivity index (χ3v) is 5.00. The number of rotatable bonds is 5. The first-order valence-corrected chi connectivity index (χ1v) is 8.88. The van der Waals surface area contributed by atoms with E-state index in [1.165, 1.54) is 0 Å². The second-order valence-corrected chi connectivity index (χ2v) is 6.85. The Morgan fingerprint density at radius 1 is 1.29 bits per heavy atom. The quantitative estimate of drug-likeness (QED) is 0.871. The zero-order valence-corrected chi connectivity index (χ0v) is 15.0. The van der Waals surface area contributed by atoms with Gasteiger partial charge < -0.3 is 16.0 Å². The van der Waals surface area contributed by atoms with Gasteiger partial charge in [0.05, 0.1) is 5.92 Å². The highest BCUT2D eigenvalue weighted by atomic mass is 16.2. The van der Waals surface area contributed by atoms with E-state index < -0.39 is 5.54 Å². The molecule has 0 saturated heterocycles. The van der Waals surface area contributed by atoms with Gasteiger partial charge in [-0.05, 0) is 51.8 Å². The molecule has 3 N–H and O–H groups in total. The molecule has 1 aromatic rings. The molecule has 1 aliphatic carbocycles. The Balaban J connectivity index is 2.11. The van der Waals surface area contributed by atoms with Crippen molar-refractivity contribution in [2.24, 2.45) is 11.7 Å². The second kappa shape index (κ2) is 7.79. The van der Waals surface area contributed by atoms with Crippen molar-refractivity contribution in [2.75, 3.05) is 18.4 Å². The van der Waals surface area contributed by atoms with E-state index in [2.05, 4.69) is 5.32 Å². The van der Waals surface area contributed by atoms with Crippen molar-refractivity contribution in [3.05, 3.63) is 29.8 Å². The summed E-state index contributed by atoms with van der Waals surface area (Å²) in [4.78, 5) is 26.8. The fourth-order valence-corrected chi connectivity index (χ4v) is 3.44. The summed E-state index contributed by atoms with van der Waals surface area (Å²) in [5, 5.41) is 2.95. The van der Waals surface area contributed by atoms with Gasteiger partial charge in [0.2, 0.25) is 5.91 Å². The van der Waals surface area contributed by atoms with Gasteiger partial charge in [0.1, 0.15) is 0 Å². The Labute approximate surface area is 144 Å². The smallest absolute Gasteiger partial charge is 0.253 e. The first-order valence-electron chi connectivity index (χ1n) is 8.88. The first-order chi connectivity index (χ1) is 11.4. The number of nitrogens with two attached hydrogens (primary N) is 1. The number of hydrogen-bond donors (Lipinski definition) is 2. The number of carbonyl (C=O) groups excluding carboxylic acids is 2. The third kappa shape index (κ3) is 4.15. The van der Waals surface area contributed by atoms with Gasteiger partial charge in [-0.3, -0.25) is 9.59 Å². The van der Waals surface area contributed by atoms with Crippen LogP contribution in [-0.2, 0) is 4.79 Å². The molecule has 5 nitrogen and oxygen atoms in total. The second-order valence-electron chi connectivity index (χ2n) is 6.85. The molecule has 1 saturated carbocycles. The van der Waals surface area contributed by atoms with E-state index in [0.29, 0.717) is 24.3 Å². The molecule has 0 spiro atoms. The summed E-state index contributed by atoms with van der Waals surface area (Å²) in [6, 6.07) is 7.14. The van der Waals surface area contributed by atoms with Crippen LogP contribution in [0, 0.1) is 5.92 Å². The minimum absolute atomic E-state index is 0.0163. The van der Waals surface area contributed by atoms with E-state index in [9.17, 15) is 9.59 Å². The van der Waals surface area contributed by atoms with E-state index in [0.717, 1.165) is 25.7 Å². The Bertz CT molecular complexity index is 594. The van der Waals surface area contributed by atoms with Crippen LogP contribution in [-0.4, -0.2) is 35.3 Å². The molecule has 132 valence electrons. The van der Waals surface area contributed by atoms with Crippen LogP contribution in [0.2, 0.25) is 0 Å². The van der Waals surface area contributed by atoms with Gasteiger partial charge in [0, 0.05) is 29.9 Å². The highest BCUT2D eigenvalue weighted by molar-refractivity contribution is 5.98. The van der Waals surface area contributed by atoms with Crippen LogP contribution in [0.4, 0.5) is 5.69 Å². The number of carbonyl (C=O) groups is 2. The van der Waals surface area contributed by atoms with Gasteiger partial charge in [0.15, 0.2) is 0 Å². The molecule has 2 atom stereocenters. The Kier molecular flexibility index (Phi) is 5.99. The topological polar surface area (TPSA) is 75.4 Å². The Hall–Kier alpha value is -1.88. The van der Waals surface area contributed by atoms with Crippen molar-refractivity contribution in [1.82, 2.24) is 4.90 Å². The number of benzene rings is 1. The van der Waals surface area contributed by atoms with Gasteiger partial charge in [-0.1, -0.05) is 18.9 Å². The van der Waals surface area contributed by atoms with Crippen LogP contribution in [0.15, 0.2) is 24.3 Å². The summed E-state index contributed by atoms with van der Waals surface area (Å²) in [7, 11) is 0. The SMILES string of the molecule is CCN(CC)C(=O)c1cccc(NC(=O)C2CCCCC2(C)N)c1. The lowest BCUT2D eigenvalue weighted by Crippen LogP contribution is -2.51. The number of nitrogens with zero attached hydrogens (tertiary/aromatic N) is 1. The molecule has 1 fully saturated rings. The molecular weight excluding hydrogens is 302 g/mol. The number of amides is 2. The first kappa shape index (κ1) is 18.5. The highest BCUT2D eigenvalue weighted by Gasteiger charge is 2.37. The van der Waals surface area contributed by atoms with Crippen LogP contribution in [0.3, 0.4) is 0 Å². The zero-order valence-electron chi connectivity index (χ0n) is 15.0. The monoisotopic (exact) mass is 331 g/mol. The lowest BCUT2D eigenvalue weighted by molar-refractivity contribution is -0.122. The minimum atomic E-state index is -0.461. The zero-order chi connectivity index (χ0) is 17.7. The molecule has 5 heteroatoms. The minimum Gasteiger partial charge on any atom is -0.339 e. The van der Waals surface area contributed by atoms with Crippen molar-refractivity contribution in [1.29, 1.82) is 0 Å². The summed E-state index contributed by atoms with van der Waals surface area (Å²) < 4.78 is 0. The summed E-state index contributed by atoms with van der Waals surface area (Å²) in [5.41, 5.74) is 7.09. The highest BCUT2D eigenvalue weighted by Crippen LogP contribution is 2.32. The largest absolute Gasteiger partial charge is 0.339 e. The predicted octanol–water partition coefficient (Wildman–Crippen LogP) is 3.01. The molecule has 0 radical (unpaired) electrons. The van der Waals surface area contributed by atoms with Crippen molar-refractivity contribution >= 4 is 17.5 Å². The van der Waals surface area contributed by atoms with Gasteiger partial charge in [-0.2, -0.15) is 0 Å². The number of nitrogens with one attached hydrogen (secondary N) is 1. The molecule has 0 heterocycles. The molecular formula is C19H29N3O2. The van der Waals surface area contributed by atoms with Crippen LogP contribution in [0.1, 0.15) is 56.8 Å². The van der Waals surface area contributed by atoms with E-state index in [4.69, 9.17) is 5.73 Å². The molecule has 2 unspecified atom stereocenters. The maximum atomic E-state index is 12.6. The molecule has 0 aliphatic heterocycles. The third-order valence-electron chi connectivity index (χ3n) is 5.00. The molecule has 1 aliphatic rings. The fraction of sp³-hybridized carbons (Fsp3) is 0.579. The van der Waals surface area contributed by atoms with Crippen LogP contribution >= 0.6 is 0 Å². The average Bonchev–Trinajstić information content (AvgIpc) is 2.55. The standard InChI is InChI=1S/C19H29N3O2/c1-4-22(5-2)18(24)14-9-8-10-15(13-14)21-17(23)16-11-6-7-12-19(16,3)20/h8-10,13,16H,4-7,11-12,20H2,1-3H3,(H,21,23). The molecule has 2 amide bonds. The van der Waals surface area contributed by atoms with Crippen LogP contribution in [0.25, 0.3) is 0 Å². The fourth-order valence-electron chi connectivity index (χ4n) is 3.44. The predicted molar refractivity (Wildman–Crippen MR) is 96.9 cm³/mol. The number of anilines is 1. The maximum absolute atomic E-state index is 12.6. The van der Waals surface area contributed by atoms with Crippen molar-refractivity contribution in [2.45, 2.75) is 52.0 Å². The molecule has 0 bridgehead atoms. The van der Waals surface area contributed by atoms with Gasteiger partial charge in [0.25, 0.3) is 5.91 Å². The van der Waals surface area contributed by atoms with Gasteiger partial charge in [-0.25, -0.2) is 0 Å². The van der Waals surface area contributed by atoms with Crippen molar-refractivity contribution in [3.8, 4) is 0 Å². The lowest BCUT2D eigenvalue weighted by atomic mass is 9.74. The summed E-state index contributed by atoms with van der Waals surface area (Å²) in [6.45, 7) is 7.20. The molecule has 0 aromatic heterocycles. The lowest BCUT2D eigenvalue weighted by Gasteiger charge is -2.37. The maximum Gasteiger partial charge on any atom is 0.253 e. The van der Waals surface area contributed by atoms with Gasteiger partial charge >= 0.3 is 0 Å². The van der Waals surface area contributed by atoms with E-state index >= 15 is 0 Å².